The monoisotopic (exact) mass is 274 g/mol. The topological polar surface area (TPSA) is 61.4 Å². The second-order valence-corrected chi connectivity index (χ2v) is 5.89. The summed E-state index contributed by atoms with van der Waals surface area (Å²) in [7, 11) is 0. The molecule has 2 unspecified atom stereocenters. The number of rotatable bonds is 3. The number of hydrogen-bond donors (Lipinski definition) is 3. The van der Waals surface area contributed by atoms with E-state index in [-0.39, 0.29) is 30.5 Å². The molecule has 4 nitrogen and oxygen atoms in total. The quantitative estimate of drug-likeness (QED) is 0.770. The molecule has 0 aromatic heterocycles. The first-order valence-electron chi connectivity index (χ1n) is 7.49. The molecule has 1 aromatic rings. The van der Waals surface area contributed by atoms with E-state index in [0.29, 0.717) is 0 Å². The van der Waals surface area contributed by atoms with Gasteiger partial charge in [0.15, 0.2) is 0 Å². The van der Waals surface area contributed by atoms with Gasteiger partial charge in [0, 0.05) is 25.1 Å². The maximum Gasteiger partial charge on any atom is 0.237 e. The van der Waals surface area contributed by atoms with E-state index in [9.17, 15) is 9.90 Å². The first-order chi connectivity index (χ1) is 9.78. The van der Waals surface area contributed by atoms with E-state index in [2.05, 4.69) is 22.8 Å². The van der Waals surface area contributed by atoms with Gasteiger partial charge < -0.3 is 15.7 Å². The van der Waals surface area contributed by atoms with Crippen LogP contribution in [-0.4, -0.2) is 29.7 Å². The third kappa shape index (κ3) is 2.72. The maximum absolute atomic E-state index is 12.4. The largest absolute Gasteiger partial charge is 0.396 e. The molecule has 1 fully saturated rings. The average molecular weight is 274 g/mol. The van der Waals surface area contributed by atoms with E-state index in [1.54, 1.807) is 0 Å². The van der Waals surface area contributed by atoms with Gasteiger partial charge in [-0.2, -0.15) is 0 Å². The van der Waals surface area contributed by atoms with Crippen LogP contribution in [0.4, 0.5) is 0 Å². The van der Waals surface area contributed by atoms with Crippen LogP contribution in [0.3, 0.4) is 0 Å². The summed E-state index contributed by atoms with van der Waals surface area (Å²) in [6, 6.07) is 8.26. The van der Waals surface area contributed by atoms with E-state index >= 15 is 0 Å². The van der Waals surface area contributed by atoms with Gasteiger partial charge in [-0.05, 0) is 30.4 Å². The molecule has 1 aliphatic heterocycles. The Morgan fingerprint density at radius 3 is 2.90 bits per heavy atom. The number of benzene rings is 1. The van der Waals surface area contributed by atoms with Crippen LogP contribution in [0.1, 0.15) is 30.4 Å². The first kappa shape index (κ1) is 13.6. The molecule has 1 saturated carbocycles. The molecule has 1 aromatic carbocycles. The van der Waals surface area contributed by atoms with Crippen molar-refractivity contribution >= 4 is 5.91 Å². The molecule has 0 radical (unpaired) electrons. The number of carbonyl (C=O) groups is 1. The van der Waals surface area contributed by atoms with Gasteiger partial charge in [0.1, 0.15) is 0 Å². The number of fused-ring (bicyclic) bond motifs is 1. The number of nitrogens with one attached hydrogen (secondary N) is 2. The van der Waals surface area contributed by atoms with Crippen LogP contribution in [0.25, 0.3) is 0 Å². The van der Waals surface area contributed by atoms with Crippen LogP contribution in [0, 0.1) is 5.92 Å². The Labute approximate surface area is 119 Å². The number of aliphatic hydroxyl groups is 1. The van der Waals surface area contributed by atoms with Gasteiger partial charge in [0.25, 0.3) is 0 Å². The minimum Gasteiger partial charge on any atom is -0.396 e. The second kappa shape index (κ2) is 5.94. The Hall–Kier alpha value is -1.39. The summed E-state index contributed by atoms with van der Waals surface area (Å²) in [4.78, 5) is 12.4. The van der Waals surface area contributed by atoms with Crippen LogP contribution < -0.4 is 10.6 Å². The lowest BCUT2D eigenvalue weighted by molar-refractivity contribution is -0.124. The Bertz CT molecular complexity index is 489. The molecule has 108 valence electrons. The van der Waals surface area contributed by atoms with Crippen molar-refractivity contribution in [3.63, 3.8) is 0 Å². The van der Waals surface area contributed by atoms with E-state index in [4.69, 9.17) is 0 Å². The molecule has 3 rings (SSSR count). The van der Waals surface area contributed by atoms with E-state index in [1.807, 2.05) is 12.1 Å². The summed E-state index contributed by atoms with van der Waals surface area (Å²) in [6.07, 6.45) is 3.85. The van der Waals surface area contributed by atoms with Crippen LogP contribution >= 0.6 is 0 Å². The molecule has 3 N–H and O–H groups in total. The van der Waals surface area contributed by atoms with Crippen molar-refractivity contribution in [3.8, 4) is 0 Å². The normalized spacial score (nSPS) is 28.9. The highest BCUT2D eigenvalue weighted by Crippen LogP contribution is 2.25. The lowest BCUT2D eigenvalue weighted by Crippen LogP contribution is -2.51. The van der Waals surface area contributed by atoms with Gasteiger partial charge >= 0.3 is 0 Å². The summed E-state index contributed by atoms with van der Waals surface area (Å²) in [5.41, 5.74) is 2.54. The molecule has 0 bridgehead atoms. The molecule has 1 heterocycles. The zero-order valence-electron chi connectivity index (χ0n) is 11.6. The van der Waals surface area contributed by atoms with Crippen molar-refractivity contribution in [3.05, 3.63) is 35.4 Å². The summed E-state index contributed by atoms with van der Waals surface area (Å²) in [5.74, 6) is 0.305. The number of hydrogen-bond acceptors (Lipinski definition) is 3. The summed E-state index contributed by atoms with van der Waals surface area (Å²) in [6.45, 7) is 0.925. The second-order valence-electron chi connectivity index (χ2n) is 5.89. The lowest BCUT2D eigenvalue weighted by Gasteiger charge is -2.28. The van der Waals surface area contributed by atoms with Crippen LogP contribution in [0.15, 0.2) is 24.3 Å². The fourth-order valence-corrected chi connectivity index (χ4v) is 3.37. The van der Waals surface area contributed by atoms with Crippen LogP contribution in [0.2, 0.25) is 0 Å². The fourth-order valence-electron chi connectivity index (χ4n) is 3.37. The van der Waals surface area contributed by atoms with Gasteiger partial charge in [-0.3, -0.25) is 4.79 Å². The molecule has 0 spiro atoms. The van der Waals surface area contributed by atoms with Gasteiger partial charge in [-0.1, -0.05) is 30.7 Å². The Morgan fingerprint density at radius 2 is 2.10 bits per heavy atom. The Balaban J connectivity index is 1.61. The van der Waals surface area contributed by atoms with Crippen molar-refractivity contribution < 1.29 is 9.90 Å². The summed E-state index contributed by atoms with van der Waals surface area (Å²) in [5, 5.41) is 15.7. The zero-order valence-corrected chi connectivity index (χ0v) is 11.6. The van der Waals surface area contributed by atoms with Crippen molar-refractivity contribution in [2.24, 2.45) is 5.92 Å². The average Bonchev–Trinajstić information content (AvgIpc) is 2.94. The molecular weight excluding hydrogens is 252 g/mol. The molecule has 4 heteroatoms. The highest BCUT2D eigenvalue weighted by atomic mass is 16.3. The highest BCUT2D eigenvalue weighted by Gasteiger charge is 2.31. The van der Waals surface area contributed by atoms with Crippen molar-refractivity contribution in [2.75, 3.05) is 6.61 Å². The van der Waals surface area contributed by atoms with E-state index < -0.39 is 0 Å². The predicted octanol–water partition coefficient (Wildman–Crippen LogP) is 0.978. The van der Waals surface area contributed by atoms with Crippen molar-refractivity contribution in [1.29, 1.82) is 0 Å². The molecule has 1 amide bonds. The molecule has 3 atom stereocenters. The third-order valence-corrected chi connectivity index (χ3v) is 4.62. The summed E-state index contributed by atoms with van der Waals surface area (Å²) >= 11 is 0. The molecular formula is C16H22N2O2. The standard InChI is InChI=1S/C16H22N2O2/c19-10-13-6-3-7-14(13)18-16(20)15-8-11-4-1-2-5-12(11)9-17-15/h1-2,4-5,13-15,17,19H,3,6-10H2,(H,18,20)/t13?,14?,15-/m1/s1. The number of carbonyl (C=O) groups excluding carboxylic acids is 1. The van der Waals surface area contributed by atoms with Crippen molar-refractivity contribution in [2.45, 2.75) is 44.3 Å². The Morgan fingerprint density at radius 1 is 1.30 bits per heavy atom. The summed E-state index contributed by atoms with van der Waals surface area (Å²) < 4.78 is 0. The lowest BCUT2D eigenvalue weighted by atomic mass is 9.95. The molecule has 0 saturated heterocycles. The molecule has 1 aliphatic carbocycles. The molecule has 2 aliphatic rings. The molecule has 20 heavy (non-hydrogen) atoms. The number of aliphatic hydroxyl groups excluding tert-OH is 1. The first-order valence-corrected chi connectivity index (χ1v) is 7.49. The minimum atomic E-state index is -0.148. The van der Waals surface area contributed by atoms with Gasteiger partial charge in [-0.25, -0.2) is 0 Å². The van der Waals surface area contributed by atoms with E-state index in [0.717, 1.165) is 32.2 Å². The van der Waals surface area contributed by atoms with Gasteiger partial charge in [0.05, 0.1) is 6.04 Å². The van der Waals surface area contributed by atoms with Crippen LogP contribution in [0.5, 0.6) is 0 Å². The highest BCUT2D eigenvalue weighted by molar-refractivity contribution is 5.82. The fraction of sp³-hybridized carbons (Fsp3) is 0.562. The zero-order chi connectivity index (χ0) is 13.9. The van der Waals surface area contributed by atoms with Gasteiger partial charge in [-0.15, -0.1) is 0 Å². The minimum absolute atomic E-state index is 0.0739. The number of amides is 1. The van der Waals surface area contributed by atoms with Crippen molar-refractivity contribution in [1.82, 2.24) is 10.6 Å². The SMILES string of the molecule is O=C(NC1CCCC1CO)[C@H]1Cc2ccccc2CN1. The third-order valence-electron chi connectivity index (χ3n) is 4.62. The predicted molar refractivity (Wildman–Crippen MR) is 77.1 cm³/mol. The Kier molecular flexibility index (Phi) is 4.03. The van der Waals surface area contributed by atoms with Crippen LogP contribution in [-0.2, 0) is 17.8 Å². The maximum atomic E-state index is 12.4. The smallest absolute Gasteiger partial charge is 0.237 e. The van der Waals surface area contributed by atoms with Gasteiger partial charge in [0.2, 0.25) is 5.91 Å². The van der Waals surface area contributed by atoms with E-state index in [1.165, 1.54) is 11.1 Å².